The number of ether oxygens (including phenoxy) is 1. The first-order valence-corrected chi connectivity index (χ1v) is 3.60. The summed E-state index contributed by atoms with van der Waals surface area (Å²) >= 11 is 0. The molecule has 3 nitrogen and oxygen atoms in total. The molecule has 64 valence electrons. The van der Waals surface area contributed by atoms with Crippen LogP contribution in [-0.2, 0) is 9.53 Å². The second-order valence-corrected chi connectivity index (χ2v) is 2.50. The highest BCUT2D eigenvalue weighted by molar-refractivity contribution is 5.87. The third-order valence-electron chi connectivity index (χ3n) is 1.05. The van der Waals surface area contributed by atoms with E-state index < -0.39 is 0 Å². The molecule has 11 heavy (non-hydrogen) atoms. The summed E-state index contributed by atoms with van der Waals surface area (Å²) in [7, 11) is 3.73. The number of carbonyl (C=O) groups excluding carboxylic acids is 1. The number of hydrogen-bond donors (Lipinski definition) is 0. The van der Waals surface area contributed by atoms with E-state index in [9.17, 15) is 4.79 Å². The van der Waals surface area contributed by atoms with Crippen LogP contribution in [0.2, 0.25) is 0 Å². The van der Waals surface area contributed by atoms with Crippen LogP contribution >= 0.6 is 0 Å². The van der Waals surface area contributed by atoms with Crippen molar-refractivity contribution in [2.24, 2.45) is 0 Å². The Bertz CT molecular complexity index is 161. The van der Waals surface area contributed by atoms with E-state index in [0.717, 1.165) is 0 Å². The maximum atomic E-state index is 11.0. The van der Waals surface area contributed by atoms with Crippen molar-refractivity contribution in [2.75, 3.05) is 20.7 Å². The molecule has 0 amide bonds. The Kier molecular flexibility index (Phi) is 4.34. The van der Waals surface area contributed by atoms with Gasteiger partial charge in [-0.25, -0.2) is 4.79 Å². The largest absolute Gasteiger partial charge is 0.463 e. The minimum absolute atomic E-state index is 0.249. The lowest BCUT2D eigenvalue weighted by atomic mass is 10.3. The van der Waals surface area contributed by atoms with Gasteiger partial charge in [0.25, 0.3) is 0 Å². The molecule has 0 unspecified atom stereocenters. The summed E-state index contributed by atoms with van der Waals surface area (Å²) in [6, 6.07) is 0. The molecule has 0 aromatic rings. The summed E-state index contributed by atoms with van der Waals surface area (Å²) in [4.78, 5) is 12.8. The number of nitrogens with zero attached hydrogens (tertiary/aromatic N) is 1. The lowest BCUT2D eigenvalue weighted by Crippen LogP contribution is -2.10. The molecule has 0 radical (unpaired) electrons. The van der Waals surface area contributed by atoms with E-state index in [4.69, 9.17) is 4.74 Å². The lowest BCUT2D eigenvalue weighted by Gasteiger charge is -2.06. The summed E-state index contributed by atoms with van der Waals surface area (Å²) < 4.78 is 4.77. The molecule has 0 aromatic carbocycles. The highest BCUT2D eigenvalue weighted by atomic mass is 16.5. The molecule has 0 heterocycles. The third-order valence-corrected chi connectivity index (χ3v) is 1.05. The van der Waals surface area contributed by atoms with Crippen LogP contribution in [0, 0.1) is 0 Å². The molecule has 0 saturated heterocycles. The summed E-state index contributed by atoms with van der Waals surface area (Å²) in [6.07, 6.45) is 1.73. The number of hydrogen-bond acceptors (Lipinski definition) is 3. The van der Waals surface area contributed by atoms with Gasteiger partial charge in [0.2, 0.25) is 0 Å². The quantitative estimate of drug-likeness (QED) is 0.452. The van der Waals surface area contributed by atoms with Gasteiger partial charge in [-0.3, -0.25) is 0 Å². The Morgan fingerprint density at radius 2 is 2.09 bits per heavy atom. The Labute approximate surface area is 67.6 Å². The first-order valence-electron chi connectivity index (χ1n) is 3.60. The van der Waals surface area contributed by atoms with Gasteiger partial charge < -0.3 is 9.64 Å². The second-order valence-electron chi connectivity index (χ2n) is 2.50. The zero-order valence-electron chi connectivity index (χ0n) is 7.55. The van der Waals surface area contributed by atoms with Crippen molar-refractivity contribution in [3.63, 3.8) is 0 Å². The van der Waals surface area contributed by atoms with Crippen LogP contribution < -0.4 is 0 Å². The molecule has 0 aliphatic heterocycles. The average molecular weight is 157 g/mol. The van der Waals surface area contributed by atoms with Crippen molar-refractivity contribution >= 4 is 5.97 Å². The van der Waals surface area contributed by atoms with Gasteiger partial charge in [0.05, 0.1) is 6.61 Å². The van der Waals surface area contributed by atoms with Crippen LogP contribution in [0.5, 0.6) is 0 Å². The van der Waals surface area contributed by atoms with Crippen LogP contribution in [0.15, 0.2) is 11.8 Å². The van der Waals surface area contributed by atoms with Crippen LogP contribution in [0.4, 0.5) is 0 Å². The molecule has 0 spiro atoms. The predicted molar refractivity (Wildman–Crippen MR) is 44.1 cm³/mol. The second kappa shape index (κ2) is 4.77. The van der Waals surface area contributed by atoms with E-state index >= 15 is 0 Å². The van der Waals surface area contributed by atoms with E-state index in [-0.39, 0.29) is 5.97 Å². The van der Waals surface area contributed by atoms with E-state index in [1.807, 2.05) is 19.0 Å². The molecule has 0 saturated carbocycles. The first kappa shape index (κ1) is 10.0. The van der Waals surface area contributed by atoms with Gasteiger partial charge in [0.15, 0.2) is 0 Å². The standard InChI is InChI=1S/C8H15NO2/c1-5-11-8(10)7(2)6-9(3)4/h6H,5H2,1-4H3/b7-6+. The van der Waals surface area contributed by atoms with Gasteiger partial charge >= 0.3 is 5.97 Å². The molecule has 0 aliphatic carbocycles. The maximum Gasteiger partial charge on any atom is 0.335 e. The Balaban J connectivity index is 4.01. The van der Waals surface area contributed by atoms with Crippen molar-refractivity contribution in [3.8, 4) is 0 Å². The van der Waals surface area contributed by atoms with Gasteiger partial charge in [0.1, 0.15) is 0 Å². The Morgan fingerprint density at radius 3 is 2.45 bits per heavy atom. The van der Waals surface area contributed by atoms with Crippen molar-refractivity contribution < 1.29 is 9.53 Å². The SMILES string of the molecule is CCOC(=O)/C(C)=C/N(C)C. The summed E-state index contributed by atoms with van der Waals surface area (Å²) in [5, 5.41) is 0. The number of esters is 1. The van der Waals surface area contributed by atoms with Crippen molar-refractivity contribution in [2.45, 2.75) is 13.8 Å². The summed E-state index contributed by atoms with van der Waals surface area (Å²) in [5.74, 6) is -0.249. The Morgan fingerprint density at radius 1 is 1.55 bits per heavy atom. The molecule has 0 bridgehead atoms. The van der Waals surface area contributed by atoms with Gasteiger partial charge in [-0.2, -0.15) is 0 Å². The number of rotatable bonds is 3. The van der Waals surface area contributed by atoms with Crippen LogP contribution in [0.25, 0.3) is 0 Å². The molecule has 0 rings (SSSR count). The Hall–Kier alpha value is -0.990. The maximum absolute atomic E-state index is 11.0. The van der Waals surface area contributed by atoms with Crippen molar-refractivity contribution in [1.29, 1.82) is 0 Å². The molecule has 3 heteroatoms. The fourth-order valence-electron chi connectivity index (χ4n) is 0.685. The average Bonchev–Trinajstić information content (AvgIpc) is 1.86. The molecule has 0 N–H and O–H groups in total. The van der Waals surface area contributed by atoms with E-state index in [0.29, 0.717) is 12.2 Å². The molecule has 0 aliphatic rings. The molecular weight excluding hydrogens is 142 g/mol. The zero-order chi connectivity index (χ0) is 8.85. The van der Waals surface area contributed by atoms with E-state index in [1.54, 1.807) is 20.0 Å². The predicted octanol–water partition coefficient (Wildman–Crippen LogP) is 1.01. The minimum atomic E-state index is -0.249. The van der Waals surface area contributed by atoms with Gasteiger partial charge in [-0.1, -0.05) is 0 Å². The molecule has 0 aromatic heterocycles. The molecular formula is C8H15NO2. The van der Waals surface area contributed by atoms with Crippen LogP contribution in [0.3, 0.4) is 0 Å². The smallest absolute Gasteiger partial charge is 0.335 e. The fourth-order valence-corrected chi connectivity index (χ4v) is 0.685. The summed E-state index contributed by atoms with van der Waals surface area (Å²) in [6.45, 7) is 3.95. The van der Waals surface area contributed by atoms with Gasteiger partial charge in [0, 0.05) is 25.9 Å². The zero-order valence-corrected chi connectivity index (χ0v) is 7.55. The lowest BCUT2D eigenvalue weighted by molar-refractivity contribution is -0.138. The van der Waals surface area contributed by atoms with Crippen molar-refractivity contribution in [1.82, 2.24) is 4.90 Å². The monoisotopic (exact) mass is 157 g/mol. The normalized spacial score (nSPS) is 11.1. The van der Waals surface area contributed by atoms with Gasteiger partial charge in [-0.15, -0.1) is 0 Å². The minimum Gasteiger partial charge on any atom is -0.463 e. The highest BCUT2D eigenvalue weighted by Crippen LogP contribution is 1.96. The van der Waals surface area contributed by atoms with Crippen LogP contribution in [-0.4, -0.2) is 31.6 Å². The van der Waals surface area contributed by atoms with Gasteiger partial charge in [-0.05, 0) is 13.8 Å². The topological polar surface area (TPSA) is 29.5 Å². The summed E-state index contributed by atoms with van der Waals surface area (Å²) in [5.41, 5.74) is 0.622. The highest BCUT2D eigenvalue weighted by Gasteiger charge is 2.03. The van der Waals surface area contributed by atoms with Crippen LogP contribution in [0.1, 0.15) is 13.8 Å². The molecule has 0 fully saturated rings. The van der Waals surface area contributed by atoms with E-state index in [2.05, 4.69) is 0 Å². The molecule has 0 atom stereocenters. The third kappa shape index (κ3) is 4.42. The van der Waals surface area contributed by atoms with Crippen molar-refractivity contribution in [3.05, 3.63) is 11.8 Å². The first-order chi connectivity index (χ1) is 5.07. The fraction of sp³-hybridized carbons (Fsp3) is 0.625. The van der Waals surface area contributed by atoms with E-state index in [1.165, 1.54) is 0 Å². The number of carbonyl (C=O) groups is 1.